The van der Waals surface area contributed by atoms with E-state index in [-0.39, 0.29) is 18.4 Å². The number of rotatable bonds is 8. The normalized spacial score (nSPS) is 10.0. The van der Waals surface area contributed by atoms with E-state index in [0.29, 0.717) is 17.9 Å². The van der Waals surface area contributed by atoms with Crippen LogP contribution in [-0.4, -0.2) is 25.0 Å². The van der Waals surface area contributed by atoms with Crippen molar-refractivity contribution in [1.29, 1.82) is 0 Å². The smallest absolute Gasteiger partial charge is 0.251 e. The number of carbonyl (C=O) groups excluding carboxylic acids is 2. The highest BCUT2D eigenvalue weighted by Crippen LogP contribution is 2.12. The molecule has 2 N–H and O–H groups in total. The van der Waals surface area contributed by atoms with Crippen LogP contribution in [0.1, 0.15) is 30.1 Å². The van der Waals surface area contributed by atoms with Gasteiger partial charge in [0.2, 0.25) is 5.91 Å². The molecule has 0 aliphatic rings. The van der Waals surface area contributed by atoms with Gasteiger partial charge in [-0.15, -0.1) is 0 Å². The maximum Gasteiger partial charge on any atom is 0.251 e. The first-order valence-electron chi connectivity index (χ1n) is 8.05. The highest BCUT2D eigenvalue weighted by molar-refractivity contribution is 5.99. The van der Waals surface area contributed by atoms with Gasteiger partial charge in [-0.25, -0.2) is 0 Å². The van der Waals surface area contributed by atoms with Gasteiger partial charge in [-0.2, -0.15) is 0 Å². The van der Waals surface area contributed by atoms with Crippen LogP contribution in [0.2, 0.25) is 0 Å². The standard InChI is InChI=1S/C19H22N2O3/c1-2-3-13-24-17-11-9-15(10-12-17)19(23)20-14-18(22)21-16-7-5-4-6-8-16/h4-12H,2-3,13-14H2,1H3,(H,20,23)(H,21,22). The number of benzene rings is 2. The number of unbranched alkanes of at least 4 members (excludes halogenated alkanes) is 1. The SMILES string of the molecule is CCCCOc1ccc(C(=O)NCC(=O)Nc2ccccc2)cc1. The zero-order chi connectivity index (χ0) is 17.2. The zero-order valence-electron chi connectivity index (χ0n) is 13.7. The topological polar surface area (TPSA) is 67.4 Å². The number of para-hydroxylation sites is 1. The predicted molar refractivity (Wildman–Crippen MR) is 94.2 cm³/mol. The molecule has 24 heavy (non-hydrogen) atoms. The minimum atomic E-state index is -0.293. The number of amides is 2. The van der Waals surface area contributed by atoms with Gasteiger partial charge in [0, 0.05) is 11.3 Å². The van der Waals surface area contributed by atoms with Crippen LogP contribution in [0.5, 0.6) is 5.75 Å². The largest absolute Gasteiger partial charge is 0.494 e. The summed E-state index contributed by atoms with van der Waals surface area (Å²) < 4.78 is 5.55. The van der Waals surface area contributed by atoms with Gasteiger partial charge in [0.15, 0.2) is 0 Å². The number of anilines is 1. The minimum Gasteiger partial charge on any atom is -0.494 e. The second-order valence-electron chi connectivity index (χ2n) is 5.32. The van der Waals surface area contributed by atoms with E-state index in [1.165, 1.54) is 0 Å². The van der Waals surface area contributed by atoms with E-state index >= 15 is 0 Å². The molecule has 0 heterocycles. The summed E-state index contributed by atoms with van der Waals surface area (Å²) in [6, 6.07) is 16.0. The molecule has 5 heteroatoms. The number of hydrogen-bond donors (Lipinski definition) is 2. The molecule has 0 spiro atoms. The fraction of sp³-hybridized carbons (Fsp3) is 0.263. The fourth-order valence-electron chi connectivity index (χ4n) is 2.03. The van der Waals surface area contributed by atoms with Crippen molar-refractivity contribution in [2.75, 3.05) is 18.5 Å². The Labute approximate surface area is 142 Å². The molecule has 2 amide bonds. The number of nitrogens with one attached hydrogen (secondary N) is 2. The van der Waals surface area contributed by atoms with Crippen LogP contribution in [-0.2, 0) is 4.79 Å². The average Bonchev–Trinajstić information content (AvgIpc) is 2.61. The summed E-state index contributed by atoms with van der Waals surface area (Å²) in [4.78, 5) is 23.8. The second kappa shape index (κ2) is 9.35. The molecule has 0 radical (unpaired) electrons. The summed E-state index contributed by atoms with van der Waals surface area (Å²) in [6.45, 7) is 2.69. The Balaban J connectivity index is 1.78. The van der Waals surface area contributed by atoms with Crippen molar-refractivity contribution in [3.8, 4) is 5.75 Å². The van der Waals surface area contributed by atoms with Crippen molar-refractivity contribution in [2.45, 2.75) is 19.8 Å². The van der Waals surface area contributed by atoms with Crippen molar-refractivity contribution in [3.05, 3.63) is 60.2 Å². The van der Waals surface area contributed by atoms with Crippen LogP contribution >= 0.6 is 0 Å². The van der Waals surface area contributed by atoms with E-state index in [0.717, 1.165) is 18.6 Å². The molecule has 0 aliphatic carbocycles. The quantitative estimate of drug-likeness (QED) is 0.732. The third kappa shape index (κ3) is 5.76. The number of ether oxygens (including phenoxy) is 1. The first-order valence-corrected chi connectivity index (χ1v) is 8.05. The summed E-state index contributed by atoms with van der Waals surface area (Å²) in [5.74, 6) is 0.175. The molecule has 0 aliphatic heterocycles. The molecule has 0 aromatic heterocycles. The Bertz CT molecular complexity index is 654. The maximum absolute atomic E-state index is 12.0. The zero-order valence-corrected chi connectivity index (χ0v) is 13.7. The number of carbonyl (C=O) groups is 2. The lowest BCUT2D eigenvalue weighted by molar-refractivity contribution is -0.115. The lowest BCUT2D eigenvalue weighted by Gasteiger charge is -2.08. The van der Waals surface area contributed by atoms with Crippen molar-refractivity contribution in [1.82, 2.24) is 5.32 Å². The molecule has 0 saturated heterocycles. The minimum absolute atomic E-state index is 0.0809. The summed E-state index contributed by atoms with van der Waals surface area (Å²) in [7, 11) is 0. The molecule has 2 aromatic carbocycles. The van der Waals surface area contributed by atoms with Gasteiger partial charge in [-0.3, -0.25) is 9.59 Å². The summed E-state index contributed by atoms with van der Waals surface area (Å²) in [5.41, 5.74) is 1.19. The molecule has 2 rings (SSSR count). The molecular weight excluding hydrogens is 304 g/mol. The van der Waals surface area contributed by atoms with Crippen molar-refractivity contribution >= 4 is 17.5 Å². The van der Waals surface area contributed by atoms with Gasteiger partial charge < -0.3 is 15.4 Å². The van der Waals surface area contributed by atoms with Crippen LogP contribution < -0.4 is 15.4 Å². The van der Waals surface area contributed by atoms with Crippen molar-refractivity contribution in [2.24, 2.45) is 0 Å². The van der Waals surface area contributed by atoms with Gasteiger partial charge in [-0.1, -0.05) is 31.5 Å². The molecule has 0 atom stereocenters. The van der Waals surface area contributed by atoms with Crippen LogP contribution in [0.3, 0.4) is 0 Å². The molecule has 5 nitrogen and oxygen atoms in total. The third-order valence-electron chi connectivity index (χ3n) is 3.35. The lowest BCUT2D eigenvalue weighted by Crippen LogP contribution is -2.32. The van der Waals surface area contributed by atoms with Crippen LogP contribution in [0.25, 0.3) is 0 Å². The summed E-state index contributed by atoms with van der Waals surface area (Å²) >= 11 is 0. The molecule has 0 saturated carbocycles. The predicted octanol–water partition coefficient (Wildman–Crippen LogP) is 3.23. The lowest BCUT2D eigenvalue weighted by atomic mass is 10.2. The Morgan fingerprint density at radius 1 is 1.00 bits per heavy atom. The van der Waals surface area contributed by atoms with Crippen LogP contribution in [0.15, 0.2) is 54.6 Å². The summed E-state index contributed by atoms with van der Waals surface area (Å²) in [6.07, 6.45) is 2.07. The molecule has 0 bridgehead atoms. The highest BCUT2D eigenvalue weighted by atomic mass is 16.5. The molecule has 126 valence electrons. The first-order chi connectivity index (χ1) is 11.7. The Morgan fingerprint density at radius 2 is 1.71 bits per heavy atom. The van der Waals surface area contributed by atoms with E-state index in [2.05, 4.69) is 17.6 Å². The maximum atomic E-state index is 12.0. The Morgan fingerprint density at radius 3 is 2.38 bits per heavy atom. The van der Waals surface area contributed by atoms with E-state index in [4.69, 9.17) is 4.74 Å². The molecule has 0 unspecified atom stereocenters. The van der Waals surface area contributed by atoms with E-state index < -0.39 is 0 Å². The van der Waals surface area contributed by atoms with Gasteiger partial charge in [0.05, 0.1) is 13.2 Å². The molecule has 0 fully saturated rings. The van der Waals surface area contributed by atoms with Gasteiger partial charge in [-0.05, 0) is 42.8 Å². The molecular formula is C19H22N2O3. The van der Waals surface area contributed by atoms with E-state index in [9.17, 15) is 9.59 Å². The second-order valence-corrected chi connectivity index (χ2v) is 5.32. The highest BCUT2D eigenvalue weighted by Gasteiger charge is 2.08. The van der Waals surface area contributed by atoms with Gasteiger partial charge >= 0.3 is 0 Å². The number of hydrogen-bond acceptors (Lipinski definition) is 3. The Kier molecular flexibility index (Phi) is 6.83. The van der Waals surface area contributed by atoms with E-state index in [1.54, 1.807) is 36.4 Å². The average molecular weight is 326 g/mol. The van der Waals surface area contributed by atoms with E-state index in [1.807, 2.05) is 18.2 Å². The molecule has 2 aromatic rings. The van der Waals surface area contributed by atoms with Crippen molar-refractivity contribution < 1.29 is 14.3 Å². The Hall–Kier alpha value is -2.82. The summed E-state index contributed by atoms with van der Waals surface area (Å²) in [5, 5.41) is 5.31. The first kappa shape index (κ1) is 17.5. The monoisotopic (exact) mass is 326 g/mol. The van der Waals surface area contributed by atoms with Gasteiger partial charge in [0.25, 0.3) is 5.91 Å². The van der Waals surface area contributed by atoms with Gasteiger partial charge in [0.1, 0.15) is 5.75 Å². The van der Waals surface area contributed by atoms with Crippen molar-refractivity contribution in [3.63, 3.8) is 0 Å². The van der Waals surface area contributed by atoms with Crippen LogP contribution in [0.4, 0.5) is 5.69 Å². The van der Waals surface area contributed by atoms with Crippen LogP contribution in [0, 0.1) is 0 Å². The fourth-order valence-corrected chi connectivity index (χ4v) is 2.03. The third-order valence-corrected chi connectivity index (χ3v) is 3.35.